The van der Waals surface area contributed by atoms with Crippen molar-refractivity contribution in [3.63, 3.8) is 0 Å². The molecule has 0 aromatic heterocycles. The third-order valence-corrected chi connectivity index (χ3v) is 5.09. The monoisotopic (exact) mass is 458 g/mol. The molecule has 0 spiro atoms. The minimum atomic E-state index is -0.540. The number of aldehydes is 1. The van der Waals surface area contributed by atoms with Gasteiger partial charge < -0.3 is 19.3 Å². The molecule has 8 heteroatoms. The molecule has 2 aromatic carbocycles. The van der Waals surface area contributed by atoms with Crippen LogP contribution in [0.3, 0.4) is 0 Å². The summed E-state index contributed by atoms with van der Waals surface area (Å²) in [6, 6.07) is 13.3. The Morgan fingerprint density at radius 1 is 1.00 bits per heavy atom. The van der Waals surface area contributed by atoms with Gasteiger partial charge in [0, 0.05) is 32.2 Å². The van der Waals surface area contributed by atoms with E-state index >= 15 is 0 Å². The fourth-order valence-corrected chi connectivity index (χ4v) is 3.04. The van der Waals surface area contributed by atoms with Crippen LogP contribution in [-0.4, -0.2) is 61.6 Å². The van der Waals surface area contributed by atoms with Gasteiger partial charge in [0.05, 0.1) is 6.61 Å². The number of halogens is 1. The van der Waals surface area contributed by atoms with Crippen LogP contribution in [0.25, 0.3) is 0 Å². The zero-order valence-corrected chi connectivity index (χ0v) is 19.2. The molecule has 0 aliphatic rings. The van der Waals surface area contributed by atoms with Crippen LogP contribution in [0.5, 0.6) is 0 Å². The van der Waals surface area contributed by atoms with E-state index in [-0.39, 0.29) is 31.8 Å². The lowest BCUT2D eigenvalue weighted by molar-refractivity contribution is 0.0854. The quantitative estimate of drug-likeness (QED) is 0.341. The van der Waals surface area contributed by atoms with Crippen LogP contribution in [0.2, 0.25) is 0 Å². The van der Waals surface area contributed by atoms with Gasteiger partial charge in [-0.3, -0.25) is 4.79 Å². The first-order chi connectivity index (χ1) is 15.9. The van der Waals surface area contributed by atoms with Crippen molar-refractivity contribution in [2.75, 3.05) is 33.3 Å². The van der Waals surface area contributed by atoms with Gasteiger partial charge >= 0.3 is 12.2 Å². The maximum absolute atomic E-state index is 13.4. The summed E-state index contributed by atoms with van der Waals surface area (Å²) in [5, 5.41) is 0. The molecule has 7 nitrogen and oxygen atoms in total. The Labute approximate surface area is 194 Å². The molecule has 0 saturated heterocycles. The SMILES string of the molecule is CCCCOC(=O)N(C)CCN(CCc1ccc(F)cc1C=O)C(=O)OCc1ccccc1. The topological polar surface area (TPSA) is 76.2 Å². The van der Waals surface area contributed by atoms with Crippen molar-refractivity contribution in [3.8, 4) is 0 Å². The number of rotatable bonds is 12. The number of hydrogen-bond donors (Lipinski definition) is 0. The highest BCUT2D eigenvalue weighted by Gasteiger charge is 2.19. The molecule has 0 aliphatic carbocycles. The Morgan fingerprint density at radius 3 is 2.45 bits per heavy atom. The van der Waals surface area contributed by atoms with Crippen molar-refractivity contribution < 1.29 is 28.2 Å². The van der Waals surface area contributed by atoms with Crippen molar-refractivity contribution >= 4 is 18.5 Å². The summed E-state index contributed by atoms with van der Waals surface area (Å²) < 4.78 is 24.1. The maximum atomic E-state index is 13.4. The number of benzene rings is 2. The Balaban J connectivity index is 2.01. The summed E-state index contributed by atoms with van der Waals surface area (Å²) >= 11 is 0. The van der Waals surface area contributed by atoms with Gasteiger partial charge in [0.1, 0.15) is 18.7 Å². The van der Waals surface area contributed by atoms with Gasteiger partial charge in [0.15, 0.2) is 0 Å². The summed E-state index contributed by atoms with van der Waals surface area (Å²) in [5.41, 5.74) is 1.72. The molecule has 0 saturated carbocycles. The summed E-state index contributed by atoms with van der Waals surface area (Å²) in [7, 11) is 1.60. The summed E-state index contributed by atoms with van der Waals surface area (Å²) in [4.78, 5) is 39.0. The van der Waals surface area contributed by atoms with E-state index in [1.807, 2.05) is 37.3 Å². The molecular formula is C25H31FN2O5. The smallest absolute Gasteiger partial charge is 0.410 e. The number of hydrogen-bond acceptors (Lipinski definition) is 5. The second-order valence-electron chi connectivity index (χ2n) is 7.63. The summed E-state index contributed by atoms with van der Waals surface area (Å²) in [5.74, 6) is -0.497. The van der Waals surface area contributed by atoms with Gasteiger partial charge in [0.2, 0.25) is 0 Å². The number of unbranched alkanes of at least 4 members (excludes halogenated alkanes) is 1. The number of nitrogens with zero attached hydrogens (tertiary/aromatic N) is 2. The van der Waals surface area contributed by atoms with E-state index < -0.39 is 18.0 Å². The first kappa shape index (κ1) is 25.8. The molecule has 2 rings (SSSR count). The first-order valence-electron chi connectivity index (χ1n) is 11.0. The van der Waals surface area contributed by atoms with Crippen molar-refractivity contribution in [2.45, 2.75) is 32.8 Å². The molecule has 33 heavy (non-hydrogen) atoms. The molecule has 0 aliphatic heterocycles. The third kappa shape index (κ3) is 8.92. The predicted octanol–water partition coefficient (Wildman–Crippen LogP) is 4.69. The summed E-state index contributed by atoms with van der Waals surface area (Å²) in [6.45, 7) is 3.16. The van der Waals surface area contributed by atoms with Crippen LogP contribution >= 0.6 is 0 Å². The van der Waals surface area contributed by atoms with Crippen LogP contribution in [0.4, 0.5) is 14.0 Å². The Hall–Kier alpha value is -3.42. The van der Waals surface area contributed by atoms with E-state index in [9.17, 15) is 18.8 Å². The van der Waals surface area contributed by atoms with Crippen LogP contribution in [0.15, 0.2) is 48.5 Å². The van der Waals surface area contributed by atoms with E-state index in [2.05, 4.69) is 0 Å². The molecule has 0 unspecified atom stereocenters. The number of carbonyl (C=O) groups is 3. The first-order valence-corrected chi connectivity index (χ1v) is 11.0. The number of likely N-dealkylation sites (N-methyl/N-ethyl adjacent to an activating group) is 1. The molecule has 0 heterocycles. The zero-order chi connectivity index (χ0) is 24.1. The highest BCUT2D eigenvalue weighted by molar-refractivity contribution is 5.77. The standard InChI is InChI=1S/C25H31FN2O5/c1-3-4-16-32-24(30)27(2)14-15-28(25(31)33-19-20-8-6-5-7-9-20)13-12-21-10-11-23(26)17-22(21)18-29/h5-11,17-18H,3-4,12-16,19H2,1-2H3. The van der Waals surface area contributed by atoms with Gasteiger partial charge in [-0.15, -0.1) is 0 Å². The highest BCUT2D eigenvalue weighted by Crippen LogP contribution is 2.12. The molecule has 0 bridgehead atoms. The van der Waals surface area contributed by atoms with Gasteiger partial charge in [-0.2, -0.15) is 0 Å². The van der Waals surface area contributed by atoms with Gasteiger partial charge in [-0.1, -0.05) is 49.7 Å². The number of ether oxygens (including phenoxy) is 2. The van der Waals surface area contributed by atoms with E-state index in [1.165, 1.54) is 28.0 Å². The largest absolute Gasteiger partial charge is 0.449 e. The van der Waals surface area contributed by atoms with Gasteiger partial charge in [-0.05, 0) is 36.1 Å². The number of carbonyl (C=O) groups excluding carboxylic acids is 3. The van der Waals surface area contributed by atoms with Crippen LogP contribution in [0, 0.1) is 5.82 Å². The lowest BCUT2D eigenvalue weighted by atomic mass is 10.1. The van der Waals surface area contributed by atoms with Crippen LogP contribution < -0.4 is 0 Å². The normalized spacial score (nSPS) is 10.4. The van der Waals surface area contributed by atoms with E-state index in [0.29, 0.717) is 24.9 Å². The molecule has 0 fully saturated rings. The predicted molar refractivity (Wildman–Crippen MR) is 123 cm³/mol. The fourth-order valence-electron chi connectivity index (χ4n) is 3.04. The Bertz CT molecular complexity index is 907. The second kappa shape index (κ2) is 13.9. The van der Waals surface area contributed by atoms with Crippen LogP contribution in [0.1, 0.15) is 41.3 Å². The van der Waals surface area contributed by atoms with E-state index in [1.54, 1.807) is 7.05 Å². The zero-order valence-electron chi connectivity index (χ0n) is 19.2. The second-order valence-corrected chi connectivity index (χ2v) is 7.63. The summed E-state index contributed by atoms with van der Waals surface area (Å²) in [6.07, 6.45) is 1.64. The lowest BCUT2D eigenvalue weighted by Gasteiger charge is -2.25. The molecule has 2 aromatic rings. The Kier molecular flexibility index (Phi) is 10.9. The van der Waals surface area contributed by atoms with Crippen molar-refractivity contribution in [1.29, 1.82) is 0 Å². The van der Waals surface area contributed by atoms with Crippen molar-refractivity contribution in [3.05, 3.63) is 71.0 Å². The fraction of sp³-hybridized carbons (Fsp3) is 0.400. The molecule has 2 amide bonds. The number of amides is 2. The maximum Gasteiger partial charge on any atom is 0.410 e. The van der Waals surface area contributed by atoms with Gasteiger partial charge in [-0.25, -0.2) is 14.0 Å². The highest BCUT2D eigenvalue weighted by atomic mass is 19.1. The molecule has 0 N–H and O–H groups in total. The molecule has 0 atom stereocenters. The lowest BCUT2D eigenvalue weighted by Crippen LogP contribution is -2.41. The average molecular weight is 459 g/mol. The molecule has 0 radical (unpaired) electrons. The third-order valence-electron chi connectivity index (χ3n) is 5.09. The minimum Gasteiger partial charge on any atom is -0.449 e. The van der Waals surface area contributed by atoms with Crippen LogP contribution in [-0.2, 0) is 22.5 Å². The van der Waals surface area contributed by atoms with Crippen molar-refractivity contribution in [2.24, 2.45) is 0 Å². The van der Waals surface area contributed by atoms with Gasteiger partial charge in [0.25, 0.3) is 0 Å². The van der Waals surface area contributed by atoms with E-state index in [0.717, 1.165) is 18.4 Å². The molecular weight excluding hydrogens is 427 g/mol. The minimum absolute atomic E-state index is 0.112. The average Bonchev–Trinajstić information content (AvgIpc) is 2.83. The molecule has 178 valence electrons. The Morgan fingerprint density at radius 2 is 1.76 bits per heavy atom. The van der Waals surface area contributed by atoms with E-state index in [4.69, 9.17) is 9.47 Å². The van der Waals surface area contributed by atoms with Crippen molar-refractivity contribution in [1.82, 2.24) is 9.80 Å².